The van der Waals surface area contributed by atoms with E-state index in [1.54, 1.807) is 6.92 Å². The summed E-state index contributed by atoms with van der Waals surface area (Å²) >= 11 is 0. The standard InChI is InChI=1S/C14H24N2O3/c1-12(17)11-13-5-3-2-4-6-16(13)14(18)15-7-9-19-10-8-15/h13H,2-11H2,1H3. The average Bonchev–Trinajstić information content (AvgIpc) is 2.64. The fraction of sp³-hybridized carbons (Fsp3) is 0.857. The molecule has 0 aromatic rings. The quantitative estimate of drug-likeness (QED) is 0.765. The number of nitrogens with zero attached hydrogens (tertiary/aromatic N) is 2. The van der Waals surface area contributed by atoms with Crippen molar-refractivity contribution >= 4 is 11.8 Å². The number of amides is 2. The first kappa shape index (κ1) is 14.3. The Hall–Kier alpha value is -1.10. The van der Waals surface area contributed by atoms with E-state index in [-0.39, 0.29) is 17.9 Å². The van der Waals surface area contributed by atoms with Crippen LogP contribution in [0.25, 0.3) is 0 Å². The number of ketones is 1. The van der Waals surface area contributed by atoms with Crippen molar-refractivity contribution in [1.29, 1.82) is 0 Å². The molecule has 2 rings (SSSR count). The number of likely N-dealkylation sites (tertiary alicyclic amines) is 1. The molecule has 1 unspecified atom stereocenters. The first-order valence-electron chi connectivity index (χ1n) is 7.31. The smallest absolute Gasteiger partial charge is 0.320 e. The molecule has 2 amide bonds. The van der Waals surface area contributed by atoms with Crippen molar-refractivity contribution in [3.8, 4) is 0 Å². The lowest BCUT2D eigenvalue weighted by Crippen LogP contribution is -2.51. The molecule has 0 N–H and O–H groups in total. The lowest BCUT2D eigenvalue weighted by Gasteiger charge is -2.36. The molecule has 0 spiro atoms. The second-order valence-corrected chi connectivity index (χ2v) is 5.48. The van der Waals surface area contributed by atoms with Gasteiger partial charge in [-0.15, -0.1) is 0 Å². The molecule has 2 heterocycles. The minimum absolute atomic E-state index is 0.0929. The van der Waals surface area contributed by atoms with Gasteiger partial charge in [0.1, 0.15) is 5.78 Å². The predicted molar refractivity (Wildman–Crippen MR) is 72.0 cm³/mol. The highest BCUT2D eigenvalue weighted by atomic mass is 16.5. The summed E-state index contributed by atoms with van der Waals surface area (Å²) in [5, 5.41) is 0. The van der Waals surface area contributed by atoms with E-state index in [0.717, 1.165) is 32.2 Å². The topological polar surface area (TPSA) is 49.9 Å². The van der Waals surface area contributed by atoms with E-state index in [1.165, 1.54) is 0 Å². The molecule has 0 bridgehead atoms. The van der Waals surface area contributed by atoms with Gasteiger partial charge in [-0.05, 0) is 19.8 Å². The second-order valence-electron chi connectivity index (χ2n) is 5.48. The lowest BCUT2D eigenvalue weighted by atomic mass is 10.0. The van der Waals surface area contributed by atoms with Crippen LogP contribution >= 0.6 is 0 Å². The summed E-state index contributed by atoms with van der Waals surface area (Å²) in [7, 11) is 0. The van der Waals surface area contributed by atoms with Crippen LogP contribution in [-0.4, -0.2) is 60.5 Å². The van der Waals surface area contributed by atoms with E-state index in [4.69, 9.17) is 4.74 Å². The summed E-state index contributed by atoms with van der Waals surface area (Å²) in [6.07, 6.45) is 4.77. The van der Waals surface area contributed by atoms with Crippen molar-refractivity contribution in [3.63, 3.8) is 0 Å². The van der Waals surface area contributed by atoms with Crippen molar-refractivity contribution in [1.82, 2.24) is 9.80 Å². The number of hydrogen-bond donors (Lipinski definition) is 0. The first-order chi connectivity index (χ1) is 9.18. The number of carbonyl (C=O) groups excluding carboxylic acids is 2. The van der Waals surface area contributed by atoms with E-state index in [0.29, 0.717) is 32.7 Å². The largest absolute Gasteiger partial charge is 0.378 e. The van der Waals surface area contributed by atoms with Crippen molar-refractivity contribution in [3.05, 3.63) is 0 Å². The molecule has 2 fully saturated rings. The Morgan fingerprint density at radius 2 is 1.84 bits per heavy atom. The lowest BCUT2D eigenvalue weighted by molar-refractivity contribution is -0.118. The minimum Gasteiger partial charge on any atom is -0.378 e. The number of rotatable bonds is 2. The Kier molecular flexibility index (Phi) is 5.19. The molecule has 2 aliphatic heterocycles. The molecule has 2 saturated heterocycles. The zero-order valence-corrected chi connectivity index (χ0v) is 11.8. The van der Waals surface area contributed by atoms with Crippen LogP contribution in [0.4, 0.5) is 4.79 Å². The number of carbonyl (C=O) groups is 2. The summed E-state index contributed by atoms with van der Waals surface area (Å²) in [5.41, 5.74) is 0. The second kappa shape index (κ2) is 6.89. The number of urea groups is 1. The predicted octanol–water partition coefficient (Wildman–Crippen LogP) is 1.66. The van der Waals surface area contributed by atoms with Crippen LogP contribution in [0.2, 0.25) is 0 Å². The van der Waals surface area contributed by atoms with E-state index in [9.17, 15) is 9.59 Å². The molecule has 1 atom stereocenters. The Morgan fingerprint density at radius 1 is 1.11 bits per heavy atom. The van der Waals surface area contributed by atoms with Gasteiger partial charge in [0.2, 0.25) is 0 Å². The molecule has 0 aromatic heterocycles. The summed E-state index contributed by atoms with van der Waals surface area (Å²) in [6, 6.07) is 0.187. The molecule has 0 saturated carbocycles. The fourth-order valence-electron chi connectivity index (χ4n) is 2.91. The normalized spacial score (nSPS) is 25.0. The highest BCUT2D eigenvalue weighted by molar-refractivity contribution is 5.79. The molecule has 5 nitrogen and oxygen atoms in total. The first-order valence-corrected chi connectivity index (χ1v) is 7.31. The van der Waals surface area contributed by atoms with Crippen molar-refractivity contribution in [2.24, 2.45) is 0 Å². The van der Waals surface area contributed by atoms with Crippen LogP contribution in [0.3, 0.4) is 0 Å². The zero-order chi connectivity index (χ0) is 13.7. The monoisotopic (exact) mass is 268 g/mol. The Bertz CT molecular complexity index is 327. The van der Waals surface area contributed by atoms with Crippen molar-refractivity contribution in [2.45, 2.75) is 45.1 Å². The minimum atomic E-state index is 0.0929. The molecule has 0 aliphatic carbocycles. The van der Waals surface area contributed by atoms with Crippen LogP contribution in [0.1, 0.15) is 39.0 Å². The molecular weight excluding hydrogens is 244 g/mol. The third-order valence-electron chi connectivity index (χ3n) is 3.93. The molecule has 0 radical (unpaired) electrons. The molecule has 2 aliphatic rings. The average molecular weight is 268 g/mol. The van der Waals surface area contributed by atoms with E-state index in [2.05, 4.69) is 0 Å². The number of morpholine rings is 1. The fourth-order valence-corrected chi connectivity index (χ4v) is 2.91. The maximum atomic E-state index is 12.6. The van der Waals surface area contributed by atoms with Gasteiger partial charge in [0.05, 0.1) is 13.2 Å². The van der Waals surface area contributed by atoms with Gasteiger partial charge in [-0.1, -0.05) is 12.8 Å². The van der Waals surface area contributed by atoms with Gasteiger partial charge in [0.25, 0.3) is 0 Å². The summed E-state index contributed by atoms with van der Waals surface area (Å²) in [6.45, 7) is 4.98. The Labute approximate surface area is 114 Å². The van der Waals surface area contributed by atoms with Gasteiger partial charge in [-0.25, -0.2) is 4.79 Å². The van der Waals surface area contributed by atoms with Crippen molar-refractivity contribution < 1.29 is 14.3 Å². The molecule has 5 heteroatoms. The number of Topliss-reactive ketones (excluding diaryl/α,β-unsaturated/α-hetero) is 1. The molecular formula is C14H24N2O3. The summed E-state index contributed by atoms with van der Waals surface area (Å²) in [5.74, 6) is 0.173. The zero-order valence-electron chi connectivity index (χ0n) is 11.8. The highest BCUT2D eigenvalue weighted by Gasteiger charge is 2.30. The van der Waals surface area contributed by atoms with Crippen LogP contribution in [0, 0.1) is 0 Å². The third-order valence-corrected chi connectivity index (χ3v) is 3.93. The van der Waals surface area contributed by atoms with Crippen LogP contribution < -0.4 is 0 Å². The highest BCUT2D eigenvalue weighted by Crippen LogP contribution is 2.21. The van der Waals surface area contributed by atoms with E-state index >= 15 is 0 Å². The van der Waals surface area contributed by atoms with E-state index < -0.39 is 0 Å². The van der Waals surface area contributed by atoms with E-state index in [1.807, 2.05) is 9.80 Å². The maximum absolute atomic E-state index is 12.6. The molecule has 108 valence electrons. The van der Waals surface area contributed by atoms with Crippen LogP contribution in [0.5, 0.6) is 0 Å². The Balaban J connectivity index is 2.03. The number of ether oxygens (including phenoxy) is 1. The van der Waals surface area contributed by atoms with Gasteiger partial charge in [-0.3, -0.25) is 4.79 Å². The van der Waals surface area contributed by atoms with Gasteiger partial charge in [0.15, 0.2) is 0 Å². The number of hydrogen-bond acceptors (Lipinski definition) is 3. The van der Waals surface area contributed by atoms with Gasteiger partial charge in [0, 0.05) is 32.1 Å². The maximum Gasteiger partial charge on any atom is 0.320 e. The molecule has 0 aromatic carbocycles. The third kappa shape index (κ3) is 3.93. The van der Waals surface area contributed by atoms with Crippen LogP contribution in [-0.2, 0) is 9.53 Å². The van der Waals surface area contributed by atoms with Crippen molar-refractivity contribution in [2.75, 3.05) is 32.8 Å². The van der Waals surface area contributed by atoms with Crippen LogP contribution in [0.15, 0.2) is 0 Å². The van der Waals surface area contributed by atoms with Gasteiger partial charge < -0.3 is 14.5 Å². The summed E-state index contributed by atoms with van der Waals surface area (Å²) < 4.78 is 5.29. The molecule has 19 heavy (non-hydrogen) atoms. The Morgan fingerprint density at radius 3 is 2.53 bits per heavy atom. The summed E-state index contributed by atoms with van der Waals surface area (Å²) in [4.78, 5) is 27.8. The van der Waals surface area contributed by atoms with Gasteiger partial charge in [-0.2, -0.15) is 0 Å². The SMILES string of the molecule is CC(=O)CC1CCCCCN1C(=O)N1CCOCC1. The van der Waals surface area contributed by atoms with Gasteiger partial charge >= 0.3 is 6.03 Å².